The van der Waals surface area contributed by atoms with Crippen molar-refractivity contribution in [3.05, 3.63) is 35.5 Å². The van der Waals surface area contributed by atoms with Gasteiger partial charge < -0.3 is 10.0 Å². The van der Waals surface area contributed by atoms with Gasteiger partial charge in [0.15, 0.2) is 0 Å². The molecule has 2 aromatic rings. The number of halogens is 1. The van der Waals surface area contributed by atoms with Crippen molar-refractivity contribution in [3.8, 4) is 11.3 Å². The van der Waals surface area contributed by atoms with Crippen molar-refractivity contribution in [2.45, 2.75) is 0 Å². The molecule has 6 heteroatoms. The number of nitrogens with zero attached hydrogens (tertiary/aromatic N) is 1. The molecule has 3 N–H and O–H groups in total. The van der Waals surface area contributed by atoms with Gasteiger partial charge in [-0.05, 0) is 23.7 Å². The van der Waals surface area contributed by atoms with E-state index < -0.39 is 7.12 Å². The molecule has 1 aromatic carbocycles. The van der Waals surface area contributed by atoms with Gasteiger partial charge in [-0.25, -0.2) is 0 Å². The van der Waals surface area contributed by atoms with Crippen molar-refractivity contribution in [1.29, 1.82) is 0 Å². The lowest BCUT2D eigenvalue weighted by atomic mass is 9.76. The molecular formula is C9H8BClN2O2. The van der Waals surface area contributed by atoms with Gasteiger partial charge in [-0.15, -0.1) is 0 Å². The van der Waals surface area contributed by atoms with Crippen LogP contribution in [0.25, 0.3) is 11.3 Å². The zero-order valence-electron chi connectivity index (χ0n) is 7.68. The predicted molar refractivity (Wildman–Crippen MR) is 58.9 cm³/mol. The quantitative estimate of drug-likeness (QED) is 0.645. The standard InChI is InChI=1S/C9H8BClN2O2/c11-6-1-2-8(10(14)15)7(5-6)9-3-4-12-13-9/h1-5,14-15H,(H,12,13). The first-order valence-electron chi connectivity index (χ1n) is 4.34. The predicted octanol–water partition coefficient (Wildman–Crippen LogP) is 0.410. The molecular weight excluding hydrogens is 214 g/mol. The van der Waals surface area contributed by atoms with E-state index in [9.17, 15) is 10.0 Å². The zero-order chi connectivity index (χ0) is 10.8. The third-order valence-corrected chi connectivity index (χ3v) is 2.32. The summed E-state index contributed by atoms with van der Waals surface area (Å²) in [5, 5.41) is 25.4. The van der Waals surface area contributed by atoms with Gasteiger partial charge in [0.1, 0.15) is 0 Å². The average molecular weight is 222 g/mol. The molecule has 0 unspecified atom stereocenters. The number of rotatable bonds is 2. The average Bonchev–Trinajstić information content (AvgIpc) is 2.69. The highest BCUT2D eigenvalue weighted by Crippen LogP contribution is 2.18. The number of hydrogen-bond donors (Lipinski definition) is 3. The lowest BCUT2D eigenvalue weighted by Gasteiger charge is -2.07. The number of aromatic nitrogens is 2. The summed E-state index contributed by atoms with van der Waals surface area (Å²) in [6, 6.07) is 6.57. The Balaban J connectivity index is 2.58. The minimum absolute atomic E-state index is 0.392. The Bertz CT molecular complexity index is 459. The largest absolute Gasteiger partial charge is 0.489 e. The van der Waals surface area contributed by atoms with Gasteiger partial charge in [0.25, 0.3) is 0 Å². The van der Waals surface area contributed by atoms with Crippen molar-refractivity contribution in [1.82, 2.24) is 10.2 Å². The Labute approximate surface area is 91.7 Å². The van der Waals surface area contributed by atoms with Crippen LogP contribution in [0.4, 0.5) is 0 Å². The number of aromatic amines is 1. The molecule has 0 fully saturated rings. The lowest BCUT2D eigenvalue weighted by molar-refractivity contribution is 0.426. The summed E-state index contributed by atoms with van der Waals surface area (Å²) >= 11 is 5.84. The molecule has 0 spiro atoms. The molecule has 0 amide bonds. The van der Waals surface area contributed by atoms with E-state index in [1.54, 1.807) is 30.5 Å². The molecule has 0 aliphatic carbocycles. The van der Waals surface area contributed by atoms with Crippen molar-refractivity contribution in [3.63, 3.8) is 0 Å². The second-order valence-electron chi connectivity index (χ2n) is 3.08. The van der Waals surface area contributed by atoms with Crippen LogP contribution < -0.4 is 5.46 Å². The Kier molecular flexibility index (Phi) is 2.77. The zero-order valence-corrected chi connectivity index (χ0v) is 8.44. The Morgan fingerprint density at radius 3 is 2.67 bits per heavy atom. The minimum Gasteiger partial charge on any atom is -0.423 e. The first-order chi connectivity index (χ1) is 7.18. The van der Waals surface area contributed by atoms with Crippen LogP contribution in [0.2, 0.25) is 5.02 Å². The van der Waals surface area contributed by atoms with Crippen LogP contribution in [-0.2, 0) is 0 Å². The lowest BCUT2D eigenvalue weighted by Crippen LogP contribution is -2.31. The highest BCUT2D eigenvalue weighted by Gasteiger charge is 2.17. The summed E-state index contributed by atoms with van der Waals surface area (Å²) in [4.78, 5) is 0. The fourth-order valence-electron chi connectivity index (χ4n) is 1.39. The van der Waals surface area contributed by atoms with Gasteiger partial charge in [0, 0.05) is 16.8 Å². The van der Waals surface area contributed by atoms with E-state index in [1.165, 1.54) is 0 Å². The molecule has 0 radical (unpaired) electrons. The first kappa shape index (κ1) is 10.2. The van der Waals surface area contributed by atoms with E-state index in [0.717, 1.165) is 0 Å². The number of hydrogen-bond acceptors (Lipinski definition) is 3. The summed E-state index contributed by atoms with van der Waals surface area (Å²) in [5.41, 5.74) is 1.72. The van der Waals surface area contributed by atoms with Crippen molar-refractivity contribution >= 4 is 24.2 Å². The van der Waals surface area contributed by atoms with Crippen LogP contribution in [0.3, 0.4) is 0 Å². The Morgan fingerprint density at radius 2 is 2.07 bits per heavy atom. The van der Waals surface area contributed by atoms with Crippen LogP contribution in [0.1, 0.15) is 0 Å². The van der Waals surface area contributed by atoms with E-state index in [0.29, 0.717) is 21.7 Å². The molecule has 0 aliphatic heterocycles. The summed E-state index contributed by atoms with van der Waals surface area (Å²) in [6.07, 6.45) is 1.59. The topological polar surface area (TPSA) is 69.1 Å². The van der Waals surface area contributed by atoms with Gasteiger partial charge in [-0.3, -0.25) is 5.10 Å². The van der Waals surface area contributed by atoms with Crippen LogP contribution >= 0.6 is 11.6 Å². The summed E-state index contributed by atoms with van der Waals surface area (Å²) in [6.45, 7) is 0. The van der Waals surface area contributed by atoms with Crippen molar-refractivity contribution in [2.24, 2.45) is 0 Å². The van der Waals surface area contributed by atoms with Crippen LogP contribution in [0.15, 0.2) is 30.5 Å². The van der Waals surface area contributed by atoms with Gasteiger partial charge in [0.2, 0.25) is 0 Å². The molecule has 0 saturated carbocycles. The maximum absolute atomic E-state index is 9.17. The smallest absolute Gasteiger partial charge is 0.423 e. The number of H-pyrrole nitrogens is 1. The fraction of sp³-hybridized carbons (Fsp3) is 0. The third kappa shape index (κ3) is 2.04. The van der Waals surface area contributed by atoms with Gasteiger partial charge in [0.05, 0.1) is 5.69 Å². The molecule has 2 rings (SSSR count). The van der Waals surface area contributed by atoms with E-state index in [2.05, 4.69) is 10.2 Å². The second-order valence-corrected chi connectivity index (χ2v) is 3.51. The van der Waals surface area contributed by atoms with Crippen molar-refractivity contribution < 1.29 is 10.0 Å². The normalized spacial score (nSPS) is 10.3. The molecule has 15 heavy (non-hydrogen) atoms. The molecule has 0 aliphatic rings. The fourth-order valence-corrected chi connectivity index (χ4v) is 1.56. The van der Waals surface area contributed by atoms with Crippen LogP contribution in [-0.4, -0.2) is 27.4 Å². The molecule has 0 atom stereocenters. The first-order valence-corrected chi connectivity index (χ1v) is 4.71. The van der Waals surface area contributed by atoms with E-state index in [4.69, 9.17) is 11.6 Å². The SMILES string of the molecule is OB(O)c1ccc(Cl)cc1-c1ccn[nH]1. The summed E-state index contributed by atoms with van der Waals surface area (Å²) in [5.74, 6) is 0. The van der Waals surface area contributed by atoms with Gasteiger partial charge >= 0.3 is 7.12 Å². The number of nitrogens with one attached hydrogen (secondary N) is 1. The molecule has 1 heterocycles. The van der Waals surface area contributed by atoms with Gasteiger partial charge in [-0.2, -0.15) is 5.10 Å². The number of benzene rings is 1. The Morgan fingerprint density at radius 1 is 1.27 bits per heavy atom. The highest BCUT2D eigenvalue weighted by atomic mass is 35.5. The maximum Gasteiger partial charge on any atom is 0.489 e. The maximum atomic E-state index is 9.17. The molecule has 1 aromatic heterocycles. The summed E-state index contributed by atoms with van der Waals surface area (Å²) in [7, 11) is -1.53. The van der Waals surface area contributed by atoms with E-state index in [-0.39, 0.29) is 0 Å². The second kappa shape index (κ2) is 4.06. The summed E-state index contributed by atoms with van der Waals surface area (Å²) < 4.78 is 0. The minimum atomic E-state index is -1.53. The third-order valence-electron chi connectivity index (χ3n) is 2.08. The van der Waals surface area contributed by atoms with E-state index in [1.807, 2.05) is 0 Å². The van der Waals surface area contributed by atoms with E-state index >= 15 is 0 Å². The van der Waals surface area contributed by atoms with Crippen LogP contribution in [0.5, 0.6) is 0 Å². The van der Waals surface area contributed by atoms with Crippen molar-refractivity contribution in [2.75, 3.05) is 0 Å². The molecule has 0 bridgehead atoms. The monoisotopic (exact) mass is 222 g/mol. The Hall–Kier alpha value is -1.30. The highest BCUT2D eigenvalue weighted by molar-refractivity contribution is 6.60. The van der Waals surface area contributed by atoms with Crippen LogP contribution in [0, 0.1) is 0 Å². The molecule has 76 valence electrons. The molecule has 4 nitrogen and oxygen atoms in total. The van der Waals surface area contributed by atoms with Gasteiger partial charge in [-0.1, -0.05) is 17.7 Å². The molecule has 0 saturated heterocycles.